The van der Waals surface area contributed by atoms with Gasteiger partial charge in [0.1, 0.15) is 0 Å². The van der Waals surface area contributed by atoms with E-state index in [1.54, 1.807) is 0 Å². The summed E-state index contributed by atoms with van der Waals surface area (Å²) in [7, 11) is 1.45. The van der Waals surface area contributed by atoms with E-state index < -0.39 is 10.8 Å². The van der Waals surface area contributed by atoms with Crippen molar-refractivity contribution >= 4 is 10.8 Å². The van der Waals surface area contributed by atoms with Gasteiger partial charge in [0.15, 0.2) is 0 Å². The maximum atomic E-state index is 10.8. The number of hydrogen-bond acceptors (Lipinski definition) is 2. The van der Waals surface area contributed by atoms with Crippen LogP contribution < -0.4 is 5.32 Å². The summed E-state index contributed by atoms with van der Waals surface area (Å²) < 4.78 is 10.8. The van der Waals surface area contributed by atoms with E-state index in [1.807, 2.05) is 7.05 Å². The second-order valence-corrected chi connectivity index (χ2v) is 4.14. The molecule has 0 bridgehead atoms. The molecule has 2 unspecified atom stereocenters. The molecule has 0 aromatic carbocycles. The van der Waals surface area contributed by atoms with Crippen LogP contribution in [0.3, 0.4) is 0 Å². The van der Waals surface area contributed by atoms with Gasteiger partial charge in [-0.3, -0.25) is 4.21 Å². The topological polar surface area (TPSA) is 29.1 Å². The van der Waals surface area contributed by atoms with Gasteiger partial charge in [-0.2, -0.15) is 0 Å². The van der Waals surface area contributed by atoms with Crippen LogP contribution in [0.15, 0.2) is 0 Å². The summed E-state index contributed by atoms with van der Waals surface area (Å²) in [6.45, 7) is 1.03. The van der Waals surface area contributed by atoms with Crippen molar-refractivity contribution in [3.05, 3.63) is 0 Å². The molecule has 1 aliphatic rings. The number of rotatable bonds is 2. The molecule has 10 heavy (non-hydrogen) atoms. The van der Waals surface area contributed by atoms with E-state index in [4.69, 9.17) is 0 Å². The van der Waals surface area contributed by atoms with Gasteiger partial charge in [0.25, 0.3) is 0 Å². The van der Waals surface area contributed by atoms with Crippen molar-refractivity contribution in [2.45, 2.75) is 6.42 Å². The molecule has 2 atom stereocenters. The molecular weight excluding hydrogens is 138 g/mol. The monoisotopic (exact) mass is 151 g/mol. The Labute approximate surface area is 64.6 Å². The van der Waals surface area contributed by atoms with Crippen LogP contribution in [0.2, 0.25) is 0 Å². The first-order valence-corrected chi connectivity index (χ1v) is 4.81. The standard InChI is InChI=1S/C6H13NOS.He/c1-7-4-6-2-3-9(8)5-6;/h6-7H,2-5H2,1H3;. The van der Waals surface area contributed by atoms with Gasteiger partial charge < -0.3 is 5.32 Å². The van der Waals surface area contributed by atoms with E-state index in [1.165, 1.54) is 0 Å². The zero-order chi connectivity index (χ0) is 6.69. The second kappa shape index (κ2) is 4.78. The van der Waals surface area contributed by atoms with Gasteiger partial charge >= 0.3 is 0 Å². The van der Waals surface area contributed by atoms with Gasteiger partial charge in [0.05, 0.1) is 0 Å². The van der Waals surface area contributed by atoms with Crippen LogP contribution in [0, 0.1) is 12.1 Å². The molecule has 0 amide bonds. The van der Waals surface area contributed by atoms with Crippen molar-refractivity contribution in [1.82, 2.24) is 5.32 Å². The molecule has 1 rings (SSSR count). The summed E-state index contributed by atoms with van der Waals surface area (Å²) in [6, 6.07) is 0. The van der Waals surface area contributed by atoms with Crippen molar-refractivity contribution in [2.75, 3.05) is 25.1 Å². The summed E-state index contributed by atoms with van der Waals surface area (Å²) >= 11 is 0. The molecule has 56 valence electrons. The number of nitrogens with one attached hydrogen (secondary N) is 1. The largest absolute Gasteiger partial charge is 0.319 e. The predicted octanol–water partition coefficient (Wildman–Crippen LogP) is -0.0256. The molecule has 1 aliphatic heterocycles. The molecule has 2 nitrogen and oxygen atoms in total. The molecule has 4 heteroatoms. The van der Waals surface area contributed by atoms with Crippen LogP contribution in [0.1, 0.15) is 6.42 Å². The summed E-state index contributed by atoms with van der Waals surface area (Å²) in [4.78, 5) is 0. The molecule has 1 N–H and O–H groups in total. The molecule has 0 aliphatic carbocycles. The maximum Gasteiger partial charge on any atom is 0.0275 e. The first-order chi connectivity index (χ1) is 4.33. The molecule has 0 saturated carbocycles. The molecule has 1 heterocycles. The minimum atomic E-state index is -0.494. The quantitative estimate of drug-likeness (QED) is 0.600. The van der Waals surface area contributed by atoms with Gasteiger partial charge in [-0.15, -0.1) is 0 Å². The second-order valence-electron chi connectivity index (χ2n) is 2.52. The number of hydrogen-bond donors (Lipinski definition) is 1. The smallest absolute Gasteiger partial charge is 0.0275 e. The fourth-order valence-electron chi connectivity index (χ4n) is 1.18. The van der Waals surface area contributed by atoms with Crippen LogP contribution in [0.25, 0.3) is 0 Å². The summed E-state index contributed by atoms with van der Waals surface area (Å²) in [5.41, 5.74) is 0. The Morgan fingerprint density at radius 2 is 2.40 bits per heavy atom. The van der Waals surface area contributed by atoms with E-state index in [2.05, 4.69) is 5.32 Å². The minimum absolute atomic E-state index is 0. The fourth-order valence-corrected chi connectivity index (χ4v) is 2.75. The summed E-state index contributed by atoms with van der Waals surface area (Å²) in [6.07, 6.45) is 1.15. The summed E-state index contributed by atoms with van der Waals surface area (Å²) in [5.74, 6) is 2.52. The normalized spacial score (nSPS) is 31.7. The maximum absolute atomic E-state index is 10.8. The van der Waals surface area contributed by atoms with Gasteiger partial charge in [-0.25, -0.2) is 0 Å². The molecule has 1 saturated heterocycles. The SMILES string of the molecule is CNCC1CCS(=O)C1.[He]. The van der Waals surface area contributed by atoms with E-state index in [0.717, 1.165) is 24.5 Å². The van der Waals surface area contributed by atoms with E-state index in [9.17, 15) is 4.21 Å². The van der Waals surface area contributed by atoms with Crippen LogP contribution in [-0.4, -0.2) is 29.3 Å². The van der Waals surface area contributed by atoms with Gasteiger partial charge in [0.2, 0.25) is 0 Å². The van der Waals surface area contributed by atoms with E-state index in [-0.39, 0.29) is 6.15 Å². The average molecular weight is 151 g/mol. The first kappa shape index (κ1) is 10.0. The third-order valence-electron chi connectivity index (χ3n) is 1.67. The van der Waals surface area contributed by atoms with Gasteiger partial charge in [-0.05, 0) is 25.9 Å². The van der Waals surface area contributed by atoms with E-state index in [0.29, 0.717) is 5.92 Å². The molecule has 0 radical (unpaired) electrons. The Kier molecular flexibility index (Phi) is 4.79. The third-order valence-corrected chi connectivity index (χ3v) is 3.20. The Morgan fingerprint density at radius 3 is 2.80 bits per heavy atom. The Bertz CT molecular complexity index is 120. The average Bonchev–Trinajstić information content (AvgIpc) is 2.17. The summed E-state index contributed by atoms with van der Waals surface area (Å²) in [5, 5.41) is 3.10. The van der Waals surface area contributed by atoms with Crippen LogP contribution in [0.5, 0.6) is 0 Å². The first-order valence-electron chi connectivity index (χ1n) is 3.32. The Morgan fingerprint density at radius 1 is 1.70 bits per heavy atom. The molecule has 1 fully saturated rings. The Balaban J connectivity index is 0.000000810. The van der Waals surface area contributed by atoms with E-state index >= 15 is 0 Å². The van der Waals surface area contributed by atoms with Gasteiger partial charge in [-0.1, -0.05) is 0 Å². The van der Waals surface area contributed by atoms with Crippen LogP contribution >= 0.6 is 0 Å². The molecule has 0 aromatic heterocycles. The molecule has 0 spiro atoms. The third kappa shape index (κ3) is 2.73. The van der Waals surface area contributed by atoms with Crippen LogP contribution in [0.4, 0.5) is 0 Å². The van der Waals surface area contributed by atoms with Crippen molar-refractivity contribution in [1.29, 1.82) is 0 Å². The van der Waals surface area contributed by atoms with Crippen molar-refractivity contribution in [2.24, 2.45) is 5.92 Å². The van der Waals surface area contributed by atoms with Gasteiger partial charge in [0, 0.05) is 28.5 Å². The van der Waals surface area contributed by atoms with Crippen molar-refractivity contribution in [3.63, 3.8) is 0 Å². The molecule has 0 aromatic rings. The Hall–Kier alpha value is 0.0191. The molecular formula is C6H13HeNOS. The zero-order valence-corrected chi connectivity index (χ0v) is 7.25. The van der Waals surface area contributed by atoms with Crippen molar-refractivity contribution in [3.8, 4) is 0 Å². The predicted molar refractivity (Wildman–Crippen MR) is 39.9 cm³/mol. The van der Waals surface area contributed by atoms with Crippen molar-refractivity contribution < 1.29 is 10.4 Å². The van der Waals surface area contributed by atoms with Crippen LogP contribution in [-0.2, 0) is 10.8 Å². The fraction of sp³-hybridized carbons (Fsp3) is 1.00. The minimum Gasteiger partial charge on any atom is -0.319 e. The zero-order valence-electron chi connectivity index (χ0n) is 6.43.